The molecule has 0 saturated heterocycles. The van der Waals surface area contributed by atoms with Crippen LogP contribution in [0.1, 0.15) is 42.2 Å². The lowest BCUT2D eigenvalue weighted by Crippen LogP contribution is -2.41. The summed E-state index contributed by atoms with van der Waals surface area (Å²) in [5, 5.41) is 2.99. The van der Waals surface area contributed by atoms with Gasteiger partial charge in [-0.3, -0.25) is 4.79 Å². The summed E-state index contributed by atoms with van der Waals surface area (Å²) in [6.45, 7) is 3.96. The van der Waals surface area contributed by atoms with Crippen molar-refractivity contribution in [3.8, 4) is 11.5 Å². The lowest BCUT2D eigenvalue weighted by molar-refractivity contribution is 0.0619. The van der Waals surface area contributed by atoms with E-state index in [2.05, 4.69) is 5.32 Å². The van der Waals surface area contributed by atoms with Gasteiger partial charge < -0.3 is 14.8 Å². The Morgan fingerprint density at radius 2 is 2.04 bits per heavy atom. The first-order chi connectivity index (χ1) is 11.4. The van der Waals surface area contributed by atoms with Gasteiger partial charge in [0.25, 0.3) is 5.91 Å². The van der Waals surface area contributed by atoms with E-state index in [-0.39, 0.29) is 23.3 Å². The van der Waals surface area contributed by atoms with Crippen molar-refractivity contribution in [1.29, 1.82) is 0 Å². The summed E-state index contributed by atoms with van der Waals surface area (Å²) in [6.07, 6.45) is 0.633. The predicted molar refractivity (Wildman–Crippen MR) is 88.9 cm³/mol. The molecular weight excluding hydrogens is 309 g/mol. The van der Waals surface area contributed by atoms with Crippen LogP contribution in [0.4, 0.5) is 4.39 Å². The van der Waals surface area contributed by atoms with Crippen LogP contribution >= 0.6 is 0 Å². The van der Waals surface area contributed by atoms with Gasteiger partial charge in [-0.25, -0.2) is 4.39 Å². The van der Waals surface area contributed by atoms with Crippen molar-refractivity contribution in [2.75, 3.05) is 7.11 Å². The molecule has 1 atom stereocenters. The van der Waals surface area contributed by atoms with Crippen LogP contribution in [0, 0.1) is 5.82 Å². The molecule has 1 heterocycles. The molecule has 2 aromatic carbocycles. The zero-order valence-corrected chi connectivity index (χ0v) is 13.9. The largest absolute Gasteiger partial charge is 0.494 e. The van der Waals surface area contributed by atoms with Crippen LogP contribution < -0.4 is 14.8 Å². The molecule has 2 aromatic rings. The van der Waals surface area contributed by atoms with Crippen LogP contribution in [0.5, 0.6) is 11.5 Å². The van der Waals surface area contributed by atoms with Crippen LogP contribution in [0.2, 0.25) is 0 Å². The van der Waals surface area contributed by atoms with Crippen LogP contribution in [-0.4, -0.2) is 18.6 Å². The van der Waals surface area contributed by atoms with Gasteiger partial charge in [-0.1, -0.05) is 18.2 Å². The van der Waals surface area contributed by atoms with Crippen molar-refractivity contribution in [2.24, 2.45) is 0 Å². The van der Waals surface area contributed by atoms with Gasteiger partial charge in [-0.05, 0) is 38.1 Å². The Kier molecular flexibility index (Phi) is 4.18. The topological polar surface area (TPSA) is 47.6 Å². The zero-order chi connectivity index (χ0) is 17.3. The van der Waals surface area contributed by atoms with E-state index in [0.29, 0.717) is 6.42 Å². The molecule has 0 unspecified atom stereocenters. The summed E-state index contributed by atoms with van der Waals surface area (Å²) in [4.78, 5) is 12.5. The summed E-state index contributed by atoms with van der Waals surface area (Å²) in [5.41, 5.74) is 0.798. The predicted octanol–water partition coefficient (Wildman–Crippen LogP) is 3.87. The number of para-hydroxylation sites is 1. The van der Waals surface area contributed by atoms with Gasteiger partial charge in [0.1, 0.15) is 11.4 Å². The van der Waals surface area contributed by atoms with Crippen LogP contribution in [0.25, 0.3) is 0 Å². The smallest absolute Gasteiger partial charge is 0.251 e. The number of amides is 1. The van der Waals surface area contributed by atoms with Crippen LogP contribution in [0.15, 0.2) is 42.5 Å². The minimum absolute atomic E-state index is 0.115. The van der Waals surface area contributed by atoms with E-state index < -0.39 is 11.4 Å². The third kappa shape index (κ3) is 3.20. The Balaban J connectivity index is 1.85. The second-order valence-electron chi connectivity index (χ2n) is 6.48. The molecular formula is C19H20FNO3. The van der Waals surface area contributed by atoms with Gasteiger partial charge in [-0.2, -0.15) is 0 Å². The number of carbonyl (C=O) groups is 1. The first-order valence-electron chi connectivity index (χ1n) is 7.82. The standard InChI is InChI=1S/C19H20FNO3/c1-19(2)11-15(13-6-4-5-7-16(13)24-19)21-18(22)12-8-9-17(23-3)14(20)10-12/h4-10,15H,11H2,1-3H3,(H,21,22)/t15-/m0/s1. The van der Waals surface area contributed by atoms with E-state index in [0.717, 1.165) is 11.3 Å². The number of benzene rings is 2. The molecule has 1 amide bonds. The van der Waals surface area contributed by atoms with E-state index in [4.69, 9.17) is 9.47 Å². The molecule has 126 valence electrons. The maximum atomic E-state index is 13.8. The van der Waals surface area contributed by atoms with Crippen molar-refractivity contribution in [3.63, 3.8) is 0 Å². The van der Waals surface area contributed by atoms with Gasteiger partial charge >= 0.3 is 0 Å². The average Bonchev–Trinajstić information content (AvgIpc) is 2.53. The van der Waals surface area contributed by atoms with Gasteiger partial charge in [-0.15, -0.1) is 0 Å². The molecule has 1 aliphatic heterocycles. The Hall–Kier alpha value is -2.56. The molecule has 0 bridgehead atoms. The second-order valence-corrected chi connectivity index (χ2v) is 6.48. The number of ether oxygens (including phenoxy) is 2. The van der Waals surface area contributed by atoms with Gasteiger partial charge in [0, 0.05) is 17.5 Å². The molecule has 4 nitrogen and oxygen atoms in total. The fraction of sp³-hybridized carbons (Fsp3) is 0.316. The highest BCUT2D eigenvalue weighted by atomic mass is 19.1. The van der Waals surface area contributed by atoms with E-state index in [9.17, 15) is 9.18 Å². The Labute approximate surface area is 140 Å². The third-order valence-corrected chi connectivity index (χ3v) is 4.10. The number of fused-ring (bicyclic) bond motifs is 1. The average molecular weight is 329 g/mol. The number of hydrogen-bond acceptors (Lipinski definition) is 3. The number of carbonyl (C=O) groups excluding carboxylic acids is 1. The molecule has 5 heteroatoms. The normalized spacial score (nSPS) is 18.2. The first-order valence-corrected chi connectivity index (χ1v) is 7.82. The van der Waals surface area contributed by atoms with Crippen molar-refractivity contribution in [2.45, 2.75) is 31.9 Å². The zero-order valence-electron chi connectivity index (χ0n) is 13.9. The van der Waals surface area contributed by atoms with Crippen molar-refractivity contribution < 1.29 is 18.7 Å². The number of halogens is 1. The Morgan fingerprint density at radius 3 is 2.75 bits per heavy atom. The molecule has 1 N–H and O–H groups in total. The molecule has 0 aromatic heterocycles. The quantitative estimate of drug-likeness (QED) is 0.930. The lowest BCUT2D eigenvalue weighted by atomic mass is 9.89. The summed E-state index contributed by atoms with van der Waals surface area (Å²) in [6, 6.07) is 11.6. The maximum Gasteiger partial charge on any atom is 0.251 e. The van der Waals surface area contributed by atoms with Crippen molar-refractivity contribution >= 4 is 5.91 Å². The second kappa shape index (κ2) is 6.15. The molecule has 1 aliphatic rings. The van der Waals surface area contributed by atoms with Crippen LogP contribution in [-0.2, 0) is 0 Å². The monoisotopic (exact) mass is 329 g/mol. The maximum absolute atomic E-state index is 13.8. The Bertz CT molecular complexity index is 773. The minimum atomic E-state index is -0.558. The molecule has 24 heavy (non-hydrogen) atoms. The van der Waals surface area contributed by atoms with Crippen LogP contribution in [0.3, 0.4) is 0 Å². The van der Waals surface area contributed by atoms with E-state index in [1.165, 1.54) is 19.2 Å². The van der Waals surface area contributed by atoms with Crippen molar-refractivity contribution in [3.05, 3.63) is 59.4 Å². The molecule has 0 fully saturated rings. The number of hydrogen-bond donors (Lipinski definition) is 1. The van der Waals surface area contributed by atoms with E-state index >= 15 is 0 Å². The molecule has 0 radical (unpaired) electrons. The van der Waals surface area contributed by atoms with E-state index in [1.807, 2.05) is 38.1 Å². The first kappa shape index (κ1) is 16.3. The molecule has 0 spiro atoms. The molecule has 3 rings (SSSR count). The lowest BCUT2D eigenvalue weighted by Gasteiger charge is -2.37. The fourth-order valence-electron chi connectivity index (χ4n) is 2.98. The number of rotatable bonds is 3. The van der Waals surface area contributed by atoms with Gasteiger partial charge in [0.15, 0.2) is 11.6 Å². The minimum Gasteiger partial charge on any atom is -0.494 e. The highest BCUT2D eigenvalue weighted by molar-refractivity contribution is 5.94. The summed E-state index contributed by atoms with van der Waals surface area (Å²) in [5.74, 6) is -0.00373. The summed E-state index contributed by atoms with van der Waals surface area (Å²) in [7, 11) is 1.39. The number of nitrogens with one attached hydrogen (secondary N) is 1. The summed E-state index contributed by atoms with van der Waals surface area (Å²) < 4.78 is 24.7. The van der Waals surface area contributed by atoms with E-state index in [1.54, 1.807) is 6.07 Å². The van der Waals surface area contributed by atoms with Crippen molar-refractivity contribution in [1.82, 2.24) is 5.32 Å². The highest BCUT2D eigenvalue weighted by Crippen LogP contribution is 2.39. The SMILES string of the molecule is COc1ccc(C(=O)N[C@H]2CC(C)(C)Oc3ccccc32)cc1F. The number of methoxy groups -OCH3 is 1. The highest BCUT2D eigenvalue weighted by Gasteiger charge is 2.34. The summed E-state index contributed by atoms with van der Waals surface area (Å²) >= 11 is 0. The van der Waals surface area contributed by atoms with Gasteiger partial charge in [0.2, 0.25) is 0 Å². The third-order valence-electron chi connectivity index (χ3n) is 4.10. The van der Waals surface area contributed by atoms with Gasteiger partial charge in [0.05, 0.1) is 13.2 Å². The Morgan fingerprint density at radius 1 is 1.29 bits per heavy atom. The molecule has 0 saturated carbocycles. The fourth-order valence-corrected chi connectivity index (χ4v) is 2.98. The molecule has 0 aliphatic carbocycles.